The second-order valence-corrected chi connectivity index (χ2v) is 8.87. The molecule has 5 nitrogen and oxygen atoms in total. The number of sulfone groups is 1. The molecule has 2 heterocycles. The molecule has 2 aromatic carbocycles. The third-order valence-corrected chi connectivity index (χ3v) is 7.43. The molecule has 2 aromatic rings. The first-order valence-electron chi connectivity index (χ1n) is 8.19. The Kier molecular flexibility index (Phi) is 3.44. The van der Waals surface area contributed by atoms with Gasteiger partial charge in [0.1, 0.15) is 5.75 Å². The first-order valence-corrected chi connectivity index (χ1v) is 9.74. The molecule has 2 bridgehead atoms. The van der Waals surface area contributed by atoms with Crippen molar-refractivity contribution >= 4 is 15.7 Å². The smallest absolute Gasteiger partial charge is 0.244 e. The van der Waals surface area contributed by atoms with Gasteiger partial charge in [0.2, 0.25) is 5.91 Å². The van der Waals surface area contributed by atoms with Crippen molar-refractivity contribution in [1.29, 1.82) is 0 Å². The minimum Gasteiger partial charge on any atom is -0.468 e. The quantitative estimate of drug-likeness (QED) is 0.829. The highest BCUT2D eigenvalue weighted by Crippen LogP contribution is 2.49. The first kappa shape index (κ1) is 16.1. The predicted octanol–water partition coefficient (Wildman–Crippen LogP) is 2.58. The highest BCUT2D eigenvalue weighted by atomic mass is 32.2. The van der Waals surface area contributed by atoms with E-state index in [0.717, 1.165) is 5.56 Å². The van der Waals surface area contributed by atoms with Gasteiger partial charge in [-0.05, 0) is 30.7 Å². The van der Waals surface area contributed by atoms with Crippen LogP contribution in [0.3, 0.4) is 0 Å². The number of rotatable bonds is 2. The van der Waals surface area contributed by atoms with Gasteiger partial charge in [0.15, 0.2) is 20.8 Å². The van der Waals surface area contributed by atoms with Gasteiger partial charge < -0.3 is 9.64 Å². The third-order valence-electron chi connectivity index (χ3n) is 5.30. The molecule has 25 heavy (non-hydrogen) atoms. The molecule has 0 spiro atoms. The van der Waals surface area contributed by atoms with E-state index in [0.29, 0.717) is 12.2 Å². The lowest BCUT2D eigenvalue weighted by Gasteiger charge is -2.51. The van der Waals surface area contributed by atoms with Crippen molar-refractivity contribution in [3.8, 4) is 5.75 Å². The van der Waals surface area contributed by atoms with Crippen LogP contribution in [0.1, 0.15) is 24.8 Å². The fraction of sp³-hybridized carbons (Fsp3) is 0.316. The van der Waals surface area contributed by atoms with E-state index in [9.17, 15) is 13.2 Å². The number of ether oxygens (including phenoxy) is 1. The summed E-state index contributed by atoms with van der Waals surface area (Å²) < 4.78 is 32.6. The molecule has 1 fully saturated rings. The van der Waals surface area contributed by atoms with E-state index in [1.165, 1.54) is 4.90 Å². The molecule has 0 radical (unpaired) electrons. The van der Waals surface area contributed by atoms with Crippen molar-refractivity contribution in [3.63, 3.8) is 0 Å². The third kappa shape index (κ3) is 2.28. The number of para-hydroxylation sites is 1. The molecule has 0 N–H and O–H groups in total. The Labute approximate surface area is 147 Å². The lowest BCUT2D eigenvalue weighted by atomic mass is 9.80. The molecular formula is C19H19NO4S. The van der Waals surface area contributed by atoms with Crippen molar-refractivity contribution < 1.29 is 17.9 Å². The maximum absolute atomic E-state index is 13.3. The molecule has 1 saturated heterocycles. The van der Waals surface area contributed by atoms with Crippen LogP contribution in [-0.4, -0.2) is 37.2 Å². The van der Waals surface area contributed by atoms with Crippen LogP contribution in [0.5, 0.6) is 5.75 Å². The van der Waals surface area contributed by atoms with Crippen molar-refractivity contribution in [2.75, 3.05) is 7.05 Å². The van der Waals surface area contributed by atoms with Crippen molar-refractivity contribution in [2.24, 2.45) is 0 Å². The summed E-state index contributed by atoms with van der Waals surface area (Å²) in [4.78, 5) is 14.7. The van der Waals surface area contributed by atoms with E-state index in [1.807, 2.05) is 31.2 Å². The SMILES string of the molecule is CN1C(=O)[C@@H](S(=O)(=O)c2ccccc2)[C@H]2C[C@@]1(C)Oc1ccccc12. The summed E-state index contributed by atoms with van der Waals surface area (Å²) in [5, 5.41) is -1.14. The zero-order valence-electron chi connectivity index (χ0n) is 14.0. The van der Waals surface area contributed by atoms with Gasteiger partial charge in [0.25, 0.3) is 0 Å². The van der Waals surface area contributed by atoms with Crippen LogP contribution in [0.4, 0.5) is 0 Å². The zero-order chi connectivity index (χ0) is 17.8. The Hall–Kier alpha value is -2.34. The number of amides is 1. The molecule has 4 rings (SSSR count). The highest BCUT2D eigenvalue weighted by Gasteiger charge is 2.56. The van der Waals surface area contributed by atoms with Gasteiger partial charge in [0, 0.05) is 19.4 Å². The average molecular weight is 357 g/mol. The van der Waals surface area contributed by atoms with Crippen LogP contribution in [0.2, 0.25) is 0 Å². The summed E-state index contributed by atoms with van der Waals surface area (Å²) in [5.74, 6) is -0.199. The Morgan fingerprint density at radius 3 is 2.44 bits per heavy atom. The highest BCUT2D eigenvalue weighted by molar-refractivity contribution is 7.92. The van der Waals surface area contributed by atoms with Crippen LogP contribution < -0.4 is 4.74 Å². The van der Waals surface area contributed by atoms with Crippen LogP contribution >= 0.6 is 0 Å². The fourth-order valence-electron chi connectivity index (χ4n) is 3.85. The number of benzene rings is 2. The minimum absolute atomic E-state index is 0.175. The van der Waals surface area contributed by atoms with E-state index in [-0.39, 0.29) is 4.90 Å². The molecule has 0 aromatic heterocycles. The predicted molar refractivity (Wildman–Crippen MR) is 93.0 cm³/mol. The standard InChI is InChI=1S/C19H19NO4S/c1-19-12-15(14-10-6-7-11-16(14)24-19)17(18(21)20(19)2)25(22,23)13-8-4-3-5-9-13/h3-11,15,17H,12H2,1-2H3/t15-,17-,19+/m0/s1. The number of hydrogen-bond donors (Lipinski definition) is 0. The van der Waals surface area contributed by atoms with Gasteiger partial charge in [-0.25, -0.2) is 8.42 Å². The molecular weight excluding hydrogens is 338 g/mol. The summed E-state index contributed by atoms with van der Waals surface area (Å²) in [6.45, 7) is 1.83. The number of nitrogens with zero attached hydrogens (tertiary/aromatic N) is 1. The van der Waals surface area contributed by atoms with Gasteiger partial charge in [-0.15, -0.1) is 0 Å². The van der Waals surface area contributed by atoms with Crippen LogP contribution in [0.15, 0.2) is 59.5 Å². The van der Waals surface area contributed by atoms with Crippen LogP contribution in [-0.2, 0) is 14.6 Å². The number of piperidine rings is 1. The van der Waals surface area contributed by atoms with Gasteiger partial charge in [-0.3, -0.25) is 4.79 Å². The van der Waals surface area contributed by atoms with Gasteiger partial charge in [-0.2, -0.15) is 0 Å². The Morgan fingerprint density at radius 2 is 1.72 bits per heavy atom. The summed E-state index contributed by atoms with van der Waals surface area (Å²) >= 11 is 0. The molecule has 1 amide bonds. The first-order chi connectivity index (χ1) is 11.8. The normalized spacial score (nSPS) is 28.2. The summed E-state index contributed by atoms with van der Waals surface area (Å²) in [6, 6.07) is 15.6. The molecule has 2 aliphatic heterocycles. The van der Waals surface area contributed by atoms with E-state index in [2.05, 4.69) is 0 Å². The molecule has 3 atom stereocenters. The van der Waals surface area contributed by atoms with Crippen LogP contribution in [0.25, 0.3) is 0 Å². The minimum atomic E-state index is -3.81. The van der Waals surface area contributed by atoms with Gasteiger partial charge in [-0.1, -0.05) is 36.4 Å². The Balaban J connectivity index is 1.91. The van der Waals surface area contributed by atoms with Crippen LogP contribution in [0, 0.1) is 0 Å². The van der Waals surface area contributed by atoms with Crippen molar-refractivity contribution in [3.05, 3.63) is 60.2 Å². The monoisotopic (exact) mass is 357 g/mol. The average Bonchev–Trinajstić information content (AvgIpc) is 2.60. The molecule has 130 valence electrons. The molecule has 6 heteroatoms. The summed E-state index contributed by atoms with van der Waals surface area (Å²) in [7, 11) is -2.20. The lowest BCUT2D eigenvalue weighted by molar-refractivity contribution is -0.159. The van der Waals surface area contributed by atoms with E-state index in [4.69, 9.17) is 4.74 Å². The Bertz CT molecular complexity index is 941. The number of carbonyl (C=O) groups is 1. The van der Waals surface area contributed by atoms with Gasteiger partial charge in [0.05, 0.1) is 4.90 Å². The largest absolute Gasteiger partial charge is 0.468 e. The second-order valence-electron chi connectivity index (χ2n) is 6.80. The molecule has 0 aliphatic carbocycles. The van der Waals surface area contributed by atoms with Crippen molar-refractivity contribution in [2.45, 2.75) is 35.1 Å². The molecule has 2 aliphatic rings. The van der Waals surface area contributed by atoms with E-state index in [1.54, 1.807) is 37.4 Å². The maximum atomic E-state index is 13.3. The van der Waals surface area contributed by atoms with Crippen molar-refractivity contribution in [1.82, 2.24) is 4.90 Å². The molecule has 0 saturated carbocycles. The topological polar surface area (TPSA) is 63.7 Å². The number of fused-ring (bicyclic) bond motifs is 4. The zero-order valence-corrected chi connectivity index (χ0v) is 14.9. The summed E-state index contributed by atoms with van der Waals surface area (Å²) in [6.07, 6.45) is 0.447. The van der Waals surface area contributed by atoms with E-state index >= 15 is 0 Å². The number of hydrogen-bond acceptors (Lipinski definition) is 4. The number of likely N-dealkylation sites (tertiary alicyclic amines) is 1. The lowest BCUT2D eigenvalue weighted by Crippen LogP contribution is -2.64. The number of carbonyl (C=O) groups excluding carboxylic acids is 1. The maximum Gasteiger partial charge on any atom is 0.244 e. The fourth-order valence-corrected chi connectivity index (χ4v) is 5.78. The second kappa shape index (κ2) is 5.33. The van der Waals surface area contributed by atoms with Gasteiger partial charge >= 0.3 is 0 Å². The summed E-state index contributed by atoms with van der Waals surface area (Å²) in [5.41, 5.74) is -0.0512. The molecule has 0 unspecified atom stereocenters. The van der Waals surface area contributed by atoms with E-state index < -0.39 is 32.6 Å². The Morgan fingerprint density at radius 1 is 1.08 bits per heavy atom.